The van der Waals surface area contributed by atoms with Crippen LogP contribution < -0.4 is 14.9 Å². The van der Waals surface area contributed by atoms with Crippen molar-refractivity contribution in [1.82, 2.24) is 5.32 Å². The Kier molecular flexibility index (Phi) is 7.67. The van der Waals surface area contributed by atoms with Crippen molar-refractivity contribution in [2.75, 3.05) is 22.7 Å². The molecule has 0 saturated carbocycles. The molecular formula is C27H30ClN3O3S. The highest BCUT2D eigenvalue weighted by Crippen LogP contribution is 2.27. The van der Waals surface area contributed by atoms with Gasteiger partial charge in [0.05, 0.1) is 10.7 Å². The van der Waals surface area contributed by atoms with Crippen LogP contribution in [0.15, 0.2) is 65.6 Å². The normalized spacial score (nSPS) is 14.0. The molecule has 6 nitrogen and oxygen atoms in total. The quantitative estimate of drug-likeness (QED) is 0.428. The van der Waals surface area contributed by atoms with Gasteiger partial charge in [0, 0.05) is 30.9 Å². The lowest BCUT2D eigenvalue weighted by atomic mass is 10.1. The van der Waals surface area contributed by atoms with Gasteiger partial charge in [-0.25, -0.2) is 8.42 Å². The molecule has 4 rings (SSSR count). The number of amides is 1. The Bertz CT molecular complexity index is 1320. The first kappa shape index (κ1) is 25.1. The summed E-state index contributed by atoms with van der Waals surface area (Å²) in [4.78, 5) is 15.0. The average molecular weight is 512 g/mol. The largest absolute Gasteiger partial charge is 0.372 e. The third kappa shape index (κ3) is 6.16. The standard InChI is InChI=1S/C27H30ClN3O3S/c1-19-6-13-25(20(2)16-19)30-35(33,34)26-17-22(9-12-24(26)28)27(32)29-18-21-7-10-23(11-8-21)31-14-4-3-5-15-31/h6-13,16-17,30H,3-5,14-15,18H2,1-2H3,(H,29,32). The van der Waals surface area contributed by atoms with Crippen molar-refractivity contribution in [3.05, 3.63) is 87.9 Å². The zero-order valence-corrected chi connectivity index (χ0v) is 21.5. The lowest BCUT2D eigenvalue weighted by Gasteiger charge is -2.28. The number of carbonyl (C=O) groups excluding carboxylic acids is 1. The molecule has 35 heavy (non-hydrogen) atoms. The van der Waals surface area contributed by atoms with Crippen LogP contribution in [-0.4, -0.2) is 27.4 Å². The van der Waals surface area contributed by atoms with Crippen molar-refractivity contribution in [2.24, 2.45) is 0 Å². The predicted octanol–water partition coefficient (Wildman–Crippen LogP) is 5.68. The van der Waals surface area contributed by atoms with Crippen molar-refractivity contribution < 1.29 is 13.2 Å². The number of piperidine rings is 1. The molecule has 0 aromatic heterocycles. The molecule has 0 unspecified atom stereocenters. The molecule has 0 spiro atoms. The van der Waals surface area contributed by atoms with Crippen LogP contribution in [0.3, 0.4) is 0 Å². The molecular weight excluding hydrogens is 482 g/mol. The molecule has 1 aliphatic heterocycles. The minimum Gasteiger partial charge on any atom is -0.372 e. The summed E-state index contributed by atoms with van der Waals surface area (Å²) in [6.45, 7) is 6.26. The zero-order chi connectivity index (χ0) is 25.0. The number of hydrogen-bond acceptors (Lipinski definition) is 4. The van der Waals surface area contributed by atoms with Crippen molar-refractivity contribution in [1.29, 1.82) is 0 Å². The van der Waals surface area contributed by atoms with Crippen LogP contribution in [-0.2, 0) is 16.6 Å². The number of rotatable bonds is 7. The average Bonchev–Trinajstić information content (AvgIpc) is 2.85. The zero-order valence-electron chi connectivity index (χ0n) is 20.0. The maximum atomic E-state index is 13.0. The first-order valence-corrected chi connectivity index (χ1v) is 13.6. The van der Waals surface area contributed by atoms with Gasteiger partial charge >= 0.3 is 0 Å². The summed E-state index contributed by atoms with van der Waals surface area (Å²) < 4.78 is 28.7. The molecule has 0 atom stereocenters. The minimum absolute atomic E-state index is 0.0483. The minimum atomic E-state index is -3.98. The summed E-state index contributed by atoms with van der Waals surface area (Å²) in [5, 5.41) is 2.91. The van der Waals surface area contributed by atoms with E-state index in [4.69, 9.17) is 11.6 Å². The van der Waals surface area contributed by atoms with Gasteiger partial charge in [-0.15, -0.1) is 0 Å². The number of sulfonamides is 1. The van der Waals surface area contributed by atoms with Gasteiger partial charge in [-0.3, -0.25) is 9.52 Å². The lowest BCUT2D eigenvalue weighted by Crippen LogP contribution is -2.29. The Hall–Kier alpha value is -3.03. The Morgan fingerprint density at radius 3 is 2.34 bits per heavy atom. The molecule has 1 fully saturated rings. The fourth-order valence-corrected chi connectivity index (χ4v) is 5.90. The van der Waals surface area contributed by atoms with Crippen LogP contribution in [0.1, 0.15) is 46.3 Å². The fraction of sp³-hybridized carbons (Fsp3) is 0.296. The van der Waals surface area contributed by atoms with E-state index in [0.717, 1.165) is 29.8 Å². The van der Waals surface area contributed by atoms with Gasteiger partial charge in [0.2, 0.25) is 0 Å². The van der Waals surface area contributed by atoms with E-state index in [-0.39, 0.29) is 21.4 Å². The highest BCUT2D eigenvalue weighted by atomic mass is 35.5. The van der Waals surface area contributed by atoms with Gasteiger partial charge in [-0.05, 0) is 80.6 Å². The fourth-order valence-electron chi connectivity index (χ4n) is 4.24. The van der Waals surface area contributed by atoms with Gasteiger partial charge in [0.1, 0.15) is 4.90 Å². The van der Waals surface area contributed by atoms with Gasteiger partial charge in [0.15, 0.2) is 0 Å². The summed E-state index contributed by atoms with van der Waals surface area (Å²) in [7, 11) is -3.98. The summed E-state index contributed by atoms with van der Waals surface area (Å²) >= 11 is 6.21. The topological polar surface area (TPSA) is 78.5 Å². The van der Waals surface area contributed by atoms with Crippen molar-refractivity contribution in [3.63, 3.8) is 0 Å². The van der Waals surface area contributed by atoms with Gasteiger partial charge in [-0.1, -0.05) is 41.4 Å². The molecule has 1 heterocycles. The Morgan fingerprint density at radius 2 is 1.66 bits per heavy atom. The second kappa shape index (κ2) is 10.7. The van der Waals surface area contributed by atoms with Crippen LogP contribution in [0.4, 0.5) is 11.4 Å². The molecule has 0 aliphatic carbocycles. The number of nitrogens with zero attached hydrogens (tertiary/aromatic N) is 1. The molecule has 2 N–H and O–H groups in total. The van der Waals surface area contributed by atoms with Gasteiger partial charge in [-0.2, -0.15) is 0 Å². The van der Waals surface area contributed by atoms with Crippen LogP contribution >= 0.6 is 11.6 Å². The Labute approximate surface area is 212 Å². The molecule has 0 radical (unpaired) electrons. The molecule has 0 bridgehead atoms. The molecule has 1 aliphatic rings. The van der Waals surface area contributed by atoms with E-state index in [0.29, 0.717) is 12.2 Å². The number of hydrogen-bond donors (Lipinski definition) is 2. The molecule has 1 amide bonds. The van der Waals surface area contributed by atoms with E-state index >= 15 is 0 Å². The monoisotopic (exact) mass is 511 g/mol. The number of carbonyl (C=O) groups is 1. The number of anilines is 2. The van der Waals surface area contributed by atoms with Gasteiger partial charge < -0.3 is 10.2 Å². The van der Waals surface area contributed by atoms with Crippen LogP contribution in [0.25, 0.3) is 0 Å². The number of aryl methyl sites for hydroxylation is 2. The first-order chi connectivity index (χ1) is 16.7. The van der Waals surface area contributed by atoms with Crippen LogP contribution in [0, 0.1) is 13.8 Å². The number of benzene rings is 3. The summed E-state index contributed by atoms with van der Waals surface area (Å²) in [5.74, 6) is -0.371. The van der Waals surface area contributed by atoms with Crippen molar-refractivity contribution in [3.8, 4) is 0 Å². The SMILES string of the molecule is Cc1ccc(NS(=O)(=O)c2cc(C(=O)NCc3ccc(N4CCCCC4)cc3)ccc2Cl)c(C)c1. The second-order valence-corrected chi connectivity index (χ2v) is 11.0. The second-order valence-electron chi connectivity index (χ2n) is 8.97. The maximum absolute atomic E-state index is 13.0. The summed E-state index contributed by atoms with van der Waals surface area (Å²) in [6, 6.07) is 17.9. The molecule has 184 valence electrons. The van der Waals surface area contributed by atoms with E-state index in [2.05, 4.69) is 27.1 Å². The Morgan fingerprint density at radius 1 is 0.943 bits per heavy atom. The van der Waals surface area contributed by atoms with E-state index in [1.165, 1.54) is 43.1 Å². The third-order valence-electron chi connectivity index (χ3n) is 6.22. The van der Waals surface area contributed by atoms with E-state index in [1.807, 2.05) is 38.1 Å². The lowest BCUT2D eigenvalue weighted by molar-refractivity contribution is 0.0950. The highest BCUT2D eigenvalue weighted by molar-refractivity contribution is 7.92. The van der Waals surface area contributed by atoms with E-state index in [9.17, 15) is 13.2 Å². The molecule has 3 aromatic carbocycles. The third-order valence-corrected chi connectivity index (χ3v) is 8.07. The smallest absolute Gasteiger partial charge is 0.263 e. The van der Waals surface area contributed by atoms with E-state index in [1.54, 1.807) is 6.07 Å². The van der Waals surface area contributed by atoms with E-state index < -0.39 is 10.0 Å². The van der Waals surface area contributed by atoms with Crippen molar-refractivity contribution in [2.45, 2.75) is 44.6 Å². The summed E-state index contributed by atoms with van der Waals surface area (Å²) in [5.41, 5.74) is 4.68. The van der Waals surface area contributed by atoms with Crippen LogP contribution in [0.5, 0.6) is 0 Å². The molecule has 1 saturated heterocycles. The Balaban J connectivity index is 1.44. The van der Waals surface area contributed by atoms with Crippen LogP contribution in [0.2, 0.25) is 5.02 Å². The predicted molar refractivity (Wildman–Crippen MR) is 142 cm³/mol. The number of nitrogens with one attached hydrogen (secondary N) is 2. The molecule has 8 heteroatoms. The van der Waals surface area contributed by atoms with Gasteiger partial charge in [0.25, 0.3) is 15.9 Å². The van der Waals surface area contributed by atoms with Crippen molar-refractivity contribution >= 4 is 38.9 Å². The summed E-state index contributed by atoms with van der Waals surface area (Å²) in [6.07, 6.45) is 3.73. The maximum Gasteiger partial charge on any atom is 0.263 e. The number of halogens is 1. The highest BCUT2D eigenvalue weighted by Gasteiger charge is 2.21. The molecule has 3 aromatic rings. The first-order valence-electron chi connectivity index (χ1n) is 11.7.